The van der Waals surface area contributed by atoms with Crippen LogP contribution >= 0.6 is 0 Å². The molecule has 1 aromatic rings. The zero-order valence-electron chi connectivity index (χ0n) is 7.70. The highest BCUT2D eigenvalue weighted by molar-refractivity contribution is 5.62. The largest absolute Gasteiger partial charge is 0.383 e. The summed E-state index contributed by atoms with van der Waals surface area (Å²) >= 11 is 0. The lowest BCUT2D eigenvalue weighted by molar-refractivity contribution is -0.384. The van der Waals surface area contributed by atoms with Gasteiger partial charge in [-0.25, -0.2) is 0 Å². The third-order valence-electron chi connectivity index (χ3n) is 1.94. The summed E-state index contributed by atoms with van der Waals surface area (Å²) in [6, 6.07) is 5.22. The third kappa shape index (κ3) is 1.96. The molecular formula is C9H12N2O2. The third-order valence-corrected chi connectivity index (χ3v) is 1.94. The Morgan fingerprint density at radius 3 is 2.69 bits per heavy atom. The number of nitrogens with one attached hydrogen (secondary N) is 1. The number of nitro benzene ring substituents is 1. The van der Waals surface area contributed by atoms with Gasteiger partial charge in [0.05, 0.1) is 4.92 Å². The van der Waals surface area contributed by atoms with Crippen molar-refractivity contribution in [2.45, 2.75) is 13.3 Å². The van der Waals surface area contributed by atoms with Gasteiger partial charge in [-0.1, -0.05) is 13.0 Å². The number of nitro groups is 1. The second-order valence-corrected chi connectivity index (χ2v) is 2.71. The van der Waals surface area contributed by atoms with Crippen LogP contribution in [0.2, 0.25) is 0 Å². The summed E-state index contributed by atoms with van der Waals surface area (Å²) in [7, 11) is 1.67. The van der Waals surface area contributed by atoms with Gasteiger partial charge >= 0.3 is 0 Å². The Hall–Kier alpha value is -1.58. The summed E-state index contributed by atoms with van der Waals surface area (Å²) in [5.74, 6) is 0. The quantitative estimate of drug-likeness (QED) is 0.573. The van der Waals surface area contributed by atoms with Gasteiger partial charge in [-0.2, -0.15) is 0 Å². The molecule has 0 aliphatic rings. The predicted octanol–water partition coefficient (Wildman–Crippen LogP) is 2.20. The first-order valence-electron chi connectivity index (χ1n) is 4.14. The van der Waals surface area contributed by atoms with Crippen LogP contribution in [0.25, 0.3) is 0 Å². The van der Waals surface area contributed by atoms with Crippen molar-refractivity contribution in [2.24, 2.45) is 0 Å². The van der Waals surface area contributed by atoms with E-state index in [0.29, 0.717) is 5.69 Å². The normalized spacial score (nSPS) is 9.69. The first kappa shape index (κ1) is 9.51. The Balaban J connectivity index is 3.18. The van der Waals surface area contributed by atoms with Crippen LogP contribution < -0.4 is 5.32 Å². The molecule has 4 nitrogen and oxygen atoms in total. The van der Waals surface area contributed by atoms with Crippen LogP contribution in [0, 0.1) is 10.1 Å². The summed E-state index contributed by atoms with van der Waals surface area (Å²) in [5.41, 5.74) is 1.68. The van der Waals surface area contributed by atoms with E-state index < -0.39 is 0 Å². The SMILES string of the molecule is CCc1ccc(NC)c([N+](=O)[O-])c1. The maximum atomic E-state index is 10.6. The minimum atomic E-state index is -0.370. The first-order chi connectivity index (χ1) is 6.19. The van der Waals surface area contributed by atoms with Crippen molar-refractivity contribution in [1.29, 1.82) is 0 Å². The predicted molar refractivity (Wildman–Crippen MR) is 52.0 cm³/mol. The van der Waals surface area contributed by atoms with Crippen molar-refractivity contribution < 1.29 is 4.92 Å². The molecule has 13 heavy (non-hydrogen) atoms. The lowest BCUT2D eigenvalue weighted by atomic mass is 10.1. The maximum absolute atomic E-state index is 10.6. The number of rotatable bonds is 3. The maximum Gasteiger partial charge on any atom is 0.292 e. The van der Waals surface area contributed by atoms with E-state index in [1.165, 1.54) is 0 Å². The van der Waals surface area contributed by atoms with Crippen molar-refractivity contribution in [3.8, 4) is 0 Å². The van der Waals surface area contributed by atoms with Gasteiger partial charge in [-0.3, -0.25) is 10.1 Å². The molecule has 0 atom stereocenters. The van der Waals surface area contributed by atoms with E-state index in [2.05, 4.69) is 5.32 Å². The van der Waals surface area contributed by atoms with E-state index in [1.54, 1.807) is 19.2 Å². The second kappa shape index (κ2) is 3.89. The second-order valence-electron chi connectivity index (χ2n) is 2.71. The average Bonchev–Trinajstić information content (AvgIpc) is 2.16. The molecule has 0 spiro atoms. The Morgan fingerprint density at radius 1 is 1.54 bits per heavy atom. The van der Waals surface area contributed by atoms with Gasteiger partial charge in [0.15, 0.2) is 0 Å². The number of aryl methyl sites for hydroxylation is 1. The molecule has 0 saturated carbocycles. The summed E-state index contributed by atoms with van der Waals surface area (Å²) in [6.45, 7) is 1.97. The van der Waals surface area contributed by atoms with Crippen LogP contribution in [-0.2, 0) is 6.42 Å². The molecule has 0 aliphatic carbocycles. The molecule has 0 fully saturated rings. The van der Waals surface area contributed by atoms with Gasteiger partial charge in [0, 0.05) is 13.1 Å². The number of hydrogen-bond acceptors (Lipinski definition) is 3. The number of benzene rings is 1. The summed E-state index contributed by atoms with van der Waals surface area (Å²) in [4.78, 5) is 10.2. The van der Waals surface area contributed by atoms with Crippen molar-refractivity contribution in [3.63, 3.8) is 0 Å². The minimum absolute atomic E-state index is 0.141. The first-order valence-corrected chi connectivity index (χ1v) is 4.14. The minimum Gasteiger partial charge on any atom is -0.383 e. The van der Waals surface area contributed by atoms with Crippen molar-refractivity contribution in [1.82, 2.24) is 0 Å². The summed E-state index contributed by atoms with van der Waals surface area (Å²) < 4.78 is 0. The lowest BCUT2D eigenvalue weighted by Gasteiger charge is -2.03. The molecule has 4 heteroatoms. The highest BCUT2D eigenvalue weighted by Crippen LogP contribution is 2.24. The Bertz CT molecular complexity index is 323. The summed E-state index contributed by atoms with van der Waals surface area (Å²) in [6.07, 6.45) is 0.810. The monoisotopic (exact) mass is 180 g/mol. The summed E-state index contributed by atoms with van der Waals surface area (Å²) in [5, 5.41) is 13.4. The number of hydrogen-bond donors (Lipinski definition) is 1. The van der Waals surface area contributed by atoms with E-state index >= 15 is 0 Å². The van der Waals surface area contributed by atoms with E-state index in [-0.39, 0.29) is 10.6 Å². The van der Waals surface area contributed by atoms with Crippen LogP contribution in [0.4, 0.5) is 11.4 Å². The topological polar surface area (TPSA) is 55.2 Å². The van der Waals surface area contributed by atoms with Crippen LogP contribution in [-0.4, -0.2) is 12.0 Å². The molecule has 0 radical (unpaired) electrons. The molecule has 0 bridgehead atoms. The number of anilines is 1. The van der Waals surface area contributed by atoms with Crippen molar-refractivity contribution >= 4 is 11.4 Å². The molecule has 0 aliphatic heterocycles. The Kier molecular flexibility index (Phi) is 2.84. The molecule has 1 aromatic carbocycles. The molecule has 70 valence electrons. The van der Waals surface area contributed by atoms with E-state index in [9.17, 15) is 10.1 Å². The van der Waals surface area contributed by atoms with Gasteiger partial charge in [0.2, 0.25) is 0 Å². The van der Waals surface area contributed by atoms with Gasteiger partial charge in [-0.15, -0.1) is 0 Å². The van der Waals surface area contributed by atoms with Gasteiger partial charge in [-0.05, 0) is 18.1 Å². The molecule has 0 aromatic heterocycles. The van der Waals surface area contributed by atoms with Gasteiger partial charge < -0.3 is 5.32 Å². The molecule has 0 heterocycles. The van der Waals surface area contributed by atoms with Crippen molar-refractivity contribution in [3.05, 3.63) is 33.9 Å². The zero-order chi connectivity index (χ0) is 9.84. The Morgan fingerprint density at radius 2 is 2.23 bits per heavy atom. The lowest BCUT2D eigenvalue weighted by Crippen LogP contribution is -1.97. The van der Waals surface area contributed by atoms with Crippen LogP contribution in [0.3, 0.4) is 0 Å². The van der Waals surface area contributed by atoms with Gasteiger partial charge in [0.25, 0.3) is 5.69 Å². The Labute approximate surface area is 76.7 Å². The molecule has 1 N–H and O–H groups in total. The fraction of sp³-hybridized carbons (Fsp3) is 0.333. The fourth-order valence-electron chi connectivity index (χ4n) is 1.16. The highest BCUT2D eigenvalue weighted by Gasteiger charge is 2.12. The fourth-order valence-corrected chi connectivity index (χ4v) is 1.16. The van der Waals surface area contributed by atoms with Crippen LogP contribution in [0.1, 0.15) is 12.5 Å². The van der Waals surface area contributed by atoms with Gasteiger partial charge in [0.1, 0.15) is 5.69 Å². The molecular weight excluding hydrogens is 168 g/mol. The van der Waals surface area contributed by atoms with E-state index in [0.717, 1.165) is 12.0 Å². The van der Waals surface area contributed by atoms with E-state index in [1.807, 2.05) is 13.0 Å². The zero-order valence-corrected chi connectivity index (χ0v) is 7.70. The average molecular weight is 180 g/mol. The molecule has 0 unspecified atom stereocenters. The van der Waals surface area contributed by atoms with Crippen LogP contribution in [0.15, 0.2) is 18.2 Å². The number of nitrogens with zero attached hydrogens (tertiary/aromatic N) is 1. The smallest absolute Gasteiger partial charge is 0.292 e. The molecule has 1 rings (SSSR count). The molecule has 0 amide bonds. The standard InChI is InChI=1S/C9H12N2O2/c1-3-7-4-5-8(10-2)9(6-7)11(12)13/h4-6,10H,3H2,1-2H3. The highest BCUT2D eigenvalue weighted by atomic mass is 16.6. The van der Waals surface area contributed by atoms with Crippen molar-refractivity contribution in [2.75, 3.05) is 12.4 Å². The van der Waals surface area contributed by atoms with E-state index in [4.69, 9.17) is 0 Å². The van der Waals surface area contributed by atoms with Crippen LogP contribution in [0.5, 0.6) is 0 Å². The molecule has 0 saturated heterocycles.